The Hall–Kier alpha value is -0.260. The molecule has 1 amide bonds. The van der Waals surface area contributed by atoms with Gasteiger partial charge in [0.25, 0.3) is 0 Å². The quantitative estimate of drug-likeness (QED) is 0.645. The summed E-state index contributed by atoms with van der Waals surface area (Å²) in [4.78, 5) is 18.2. The van der Waals surface area contributed by atoms with Gasteiger partial charge in [0, 0.05) is 12.5 Å². The molecule has 3 aliphatic rings. The summed E-state index contributed by atoms with van der Waals surface area (Å²) >= 11 is 12.2. The van der Waals surface area contributed by atoms with Gasteiger partial charge in [-0.25, -0.2) is 0 Å². The van der Waals surface area contributed by atoms with Gasteiger partial charge in [-0.3, -0.25) is 4.79 Å². The first-order valence-electron chi connectivity index (χ1n) is 5.71. The van der Waals surface area contributed by atoms with Crippen molar-refractivity contribution in [3.63, 3.8) is 0 Å². The van der Waals surface area contributed by atoms with E-state index < -0.39 is 5.54 Å². The number of hydrogen-bond acceptors (Lipinski definition) is 3. The van der Waals surface area contributed by atoms with E-state index in [-0.39, 0.29) is 35.5 Å². The van der Waals surface area contributed by atoms with E-state index in [1.165, 1.54) is 0 Å². The monoisotopic (exact) mass is 303 g/mol. The average molecular weight is 304 g/mol. The molecule has 0 atom stereocenters. The van der Waals surface area contributed by atoms with Gasteiger partial charge < -0.3 is 15.2 Å². The Morgan fingerprint density at radius 3 is 2.74 bits per heavy atom. The molecule has 1 spiro atoms. The van der Waals surface area contributed by atoms with Crippen molar-refractivity contribution in [2.24, 2.45) is 4.99 Å². The number of carbonyl (C=O) groups excluding carboxylic acids is 1. The Bertz CT molecular complexity index is 628. The van der Waals surface area contributed by atoms with Crippen LogP contribution in [0, 0.1) is 0 Å². The zero-order chi connectivity index (χ0) is 12.5. The number of benzene rings is 1. The molecule has 92 valence electrons. The second-order valence-corrected chi connectivity index (χ2v) is 5.59. The molecular weight excluding hydrogens is 296 g/mol. The summed E-state index contributed by atoms with van der Waals surface area (Å²) in [6.07, 6.45) is 1.70. The van der Waals surface area contributed by atoms with Gasteiger partial charge in [-0.15, -0.1) is 0 Å². The van der Waals surface area contributed by atoms with Crippen LogP contribution in [-0.2, 0) is 11.3 Å². The molecule has 1 aromatic carbocycles. The maximum absolute atomic E-state index is 11.9. The molecule has 0 unspecified atom stereocenters. The Balaban J connectivity index is 0.00000110. The third kappa shape index (κ3) is 1.78. The number of amides is 1. The molecule has 0 aromatic heterocycles. The normalized spacial score (nSPS) is 21.3. The first kappa shape index (κ1) is 13.7. The minimum Gasteiger partial charge on any atom is -0.408 e. The van der Waals surface area contributed by atoms with Crippen LogP contribution in [0.3, 0.4) is 0 Å². The number of nitrogens with zero attached hydrogens (tertiary/aromatic N) is 3. The fraction of sp³-hybridized carbons (Fsp3) is 0.333. The maximum Gasteiger partial charge on any atom is 1.00 e. The maximum atomic E-state index is 11.9. The minimum absolute atomic E-state index is 0. The molecule has 4 nitrogen and oxygen atoms in total. The number of fused-ring (bicyclic) bond motifs is 3. The van der Waals surface area contributed by atoms with Crippen molar-refractivity contribution in [2.75, 3.05) is 0 Å². The van der Waals surface area contributed by atoms with Gasteiger partial charge >= 0.3 is 29.6 Å². The van der Waals surface area contributed by atoms with E-state index in [1.54, 1.807) is 6.07 Å². The summed E-state index contributed by atoms with van der Waals surface area (Å²) in [7, 11) is 0. The van der Waals surface area contributed by atoms with Crippen LogP contribution < -0.4 is 29.6 Å². The van der Waals surface area contributed by atoms with E-state index in [1.807, 2.05) is 11.0 Å². The number of hydrogen-bond donors (Lipinski definition) is 0. The van der Waals surface area contributed by atoms with Crippen LogP contribution in [-0.4, -0.2) is 22.3 Å². The van der Waals surface area contributed by atoms with Crippen molar-refractivity contribution in [1.29, 1.82) is 0 Å². The fourth-order valence-electron chi connectivity index (χ4n) is 2.58. The van der Waals surface area contributed by atoms with Crippen LogP contribution in [0.15, 0.2) is 17.1 Å². The van der Waals surface area contributed by atoms with Crippen molar-refractivity contribution in [3.05, 3.63) is 33.1 Å². The molecule has 1 aromatic rings. The molecule has 1 saturated carbocycles. The second kappa shape index (κ2) is 4.37. The SMILES string of the molecule is O=C1[N-]C2=Nc3ccc(Cl)c(Cl)c3CN2C12CC2.[Na+]. The summed E-state index contributed by atoms with van der Waals surface area (Å²) in [5, 5.41) is 5.07. The molecule has 7 heteroatoms. The smallest absolute Gasteiger partial charge is 0.408 e. The van der Waals surface area contributed by atoms with E-state index in [4.69, 9.17) is 23.2 Å². The zero-order valence-corrected chi connectivity index (χ0v) is 13.8. The zero-order valence-electron chi connectivity index (χ0n) is 10.3. The first-order chi connectivity index (χ1) is 8.62. The number of guanidine groups is 1. The van der Waals surface area contributed by atoms with Crippen LogP contribution in [0.5, 0.6) is 0 Å². The Morgan fingerprint density at radius 1 is 1.32 bits per heavy atom. The summed E-state index contributed by atoms with van der Waals surface area (Å²) in [5.41, 5.74) is 1.20. The summed E-state index contributed by atoms with van der Waals surface area (Å²) in [5.74, 6) is 0.444. The van der Waals surface area contributed by atoms with Gasteiger partial charge in [0.2, 0.25) is 0 Å². The first-order valence-corrected chi connectivity index (χ1v) is 6.47. The summed E-state index contributed by atoms with van der Waals surface area (Å²) in [6, 6.07) is 3.53. The van der Waals surface area contributed by atoms with E-state index in [0.29, 0.717) is 22.5 Å². The second-order valence-electron chi connectivity index (χ2n) is 4.81. The van der Waals surface area contributed by atoms with E-state index in [2.05, 4.69) is 10.3 Å². The van der Waals surface area contributed by atoms with Crippen LogP contribution in [0.2, 0.25) is 10.0 Å². The average Bonchev–Trinajstić information content (AvgIpc) is 3.10. The molecule has 2 heterocycles. The Morgan fingerprint density at radius 2 is 2.05 bits per heavy atom. The Kier molecular flexibility index (Phi) is 3.15. The topological polar surface area (TPSA) is 46.8 Å². The molecule has 0 N–H and O–H groups in total. The van der Waals surface area contributed by atoms with E-state index in [0.717, 1.165) is 24.1 Å². The molecule has 2 aliphatic heterocycles. The van der Waals surface area contributed by atoms with Gasteiger partial charge in [0.05, 0.1) is 15.6 Å². The summed E-state index contributed by atoms with van der Waals surface area (Å²) in [6.45, 7) is 0.558. The van der Waals surface area contributed by atoms with E-state index >= 15 is 0 Å². The van der Waals surface area contributed by atoms with Crippen molar-refractivity contribution in [2.45, 2.75) is 24.9 Å². The van der Waals surface area contributed by atoms with Gasteiger partial charge in [-0.05, 0) is 30.2 Å². The van der Waals surface area contributed by atoms with Crippen molar-refractivity contribution in [1.82, 2.24) is 4.90 Å². The van der Waals surface area contributed by atoms with Crippen LogP contribution in [0.4, 0.5) is 5.69 Å². The fourth-order valence-corrected chi connectivity index (χ4v) is 2.97. The molecular formula is C12H8Cl2N3NaO. The molecule has 0 radical (unpaired) electrons. The predicted octanol–water partition coefficient (Wildman–Crippen LogP) is 0.247. The van der Waals surface area contributed by atoms with Crippen molar-refractivity contribution < 1.29 is 34.4 Å². The largest absolute Gasteiger partial charge is 1.00 e. The molecule has 1 saturated heterocycles. The molecule has 1 aliphatic carbocycles. The van der Waals surface area contributed by atoms with Crippen LogP contribution in [0.25, 0.3) is 5.32 Å². The van der Waals surface area contributed by atoms with Crippen molar-refractivity contribution in [3.8, 4) is 0 Å². The molecule has 0 bridgehead atoms. The number of aliphatic imine (C=N–C) groups is 1. The molecule has 2 fully saturated rings. The van der Waals surface area contributed by atoms with Crippen LogP contribution >= 0.6 is 23.2 Å². The summed E-state index contributed by atoms with van der Waals surface area (Å²) < 4.78 is 0. The predicted molar refractivity (Wildman–Crippen MR) is 69.4 cm³/mol. The molecule has 4 rings (SSSR count). The van der Waals surface area contributed by atoms with Gasteiger partial charge in [-0.1, -0.05) is 29.3 Å². The van der Waals surface area contributed by atoms with Crippen LogP contribution in [0.1, 0.15) is 18.4 Å². The third-order valence-electron chi connectivity index (χ3n) is 3.79. The van der Waals surface area contributed by atoms with E-state index in [9.17, 15) is 4.79 Å². The minimum atomic E-state index is -0.428. The van der Waals surface area contributed by atoms with Gasteiger partial charge in [0.1, 0.15) is 0 Å². The van der Waals surface area contributed by atoms with Gasteiger partial charge in [-0.2, -0.15) is 0 Å². The third-order valence-corrected chi connectivity index (χ3v) is 4.63. The standard InChI is InChI=1S/C12H9Cl2N3O.Na/c13-7-1-2-8-6(9(7)14)5-17-11(15-8)16-10(18)12(17)3-4-12;/h1-2H,3-5H2,(H,15,16,18);/q;+1/p-1. The van der Waals surface area contributed by atoms with Gasteiger partial charge in [0.15, 0.2) is 5.91 Å². The number of halogens is 2. The number of rotatable bonds is 0. The van der Waals surface area contributed by atoms with Crippen molar-refractivity contribution >= 4 is 40.8 Å². The number of carbonyl (C=O) groups is 1. The Labute approximate surface area is 142 Å². The molecule has 19 heavy (non-hydrogen) atoms.